The summed E-state index contributed by atoms with van der Waals surface area (Å²) in [7, 11) is 3.51. The zero-order valence-electron chi connectivity index (χ0n) is 14.2. The van der Waals surface area contributed by atoms with E-state index in [0.29, 0.717) is 18.7 Å². The van der Waals surface area contributed by atoms with Crippen LogP contribution in [0, 0.1) is 6.92 Å². The largest absolute Gasteiger partial charge is 0.495 e. The van der Waals surface area contributed by atoms with Gasteiger partial charge in [-0.05, 0) is 30.6 Å². The molecule has 1 N–H and O–H groups in total. The standard InChI is InChI=1S/C17H22N4O2S/c1-12-15(16(18-2)24-19-12)17(22)21-10-8-20(9-11-21)13-6-4-5-7-14(13)23-3/h4-7,18H,8-11H2,1-3H3. The highest BCUT2D eigenvalue weighted by Crippen LogP contribution is 2.30. The normalized spacial score (nSPS) is 14.6. The summed E-state index contributed by atoms with van der Waals surface area (Å²) in [6.07, 6.45) is 0. The van der Waals surface area contributed by atoms with Crippen molar-refractivity contribution in [3.05, 3.63) is 35.5 Å². The summed E-state index contributed by atoms with van der Waals surface area (Å²) in [5.41, 5.74) is 2.58. The zero-order chi connectivity index (χ0) is 17.1. The van der Waals surface area contributed by atoms with Crippen LogP contribution < -0.4 is 15.0 Å². The minimum absolute atomic E-state index is 0.0604. The van der Waals surface area contributed by atoms with E-state index >= 15 is 0 Å². The van der Waals surface area contributed by atoms with Gasteiger partial charge in [0.2, 0.25) is 0 Å². The number of aryl methyl sites for hydroxylation is 1. The van der Waals surface area contributed by atoms with Gasteiger partial charge in [-0.25, -0.2) is 0 Å². The molecule has 0 atom stereocenters. The molecular weight excluding hydrogens is 324 g/mol. The monoisotopic (exact) mass is 346 g/mol. The van der Waals surface area contributed by atoms with E-state index in [-0.39, 0.29) is 5.91 Å². The predicted molar refractivity (Wildman–Crippen MR) is 97.5 cm³/mol. The van der Waals surface area contributed by atoms with Crippen molar-refractivity contribution in [3.63, 3.8) is 0 Å². The summed E-state index contributed by atoms with van der Waals surface area (Å²) in [6, 6.07) is 8.00. The Kier molecular flexibility index (Phi) is 4.89. The third kappa shape index (κ3) is 3.03. The molecule has 1 saturated heterocycles. The second-order valence-corrected chi connectivity index (χ2v) is 6.45. The van der Waals surface area contributed by atoms with Crippen molar-refractivity contribution < 1.29 is 9.53 Å². The Balaban J connectivity index is 1.71. The molecule has 7 heteroatoms. The Morgan fingerprint density at radius 2 is 1.96 bits per heavy atom. The van der Waals surface area contributed by atoms with Gasteiger partial charge in [-0.3, -0.25) is 4.79 Å². The van der Waals surface area contributed by atoms with Gasteiger partial charge in [0.25, 0.3) is 5.91 Å². The number of para-hydroxylation sites is 2. The number of methoxy groups -OCH3 is 1. The molecule has 1 amide bonds. The fourth-order valence-corrected chi connectivity index (χ4v) is 3.73. The Morgan fingerprint density at radius 3 is 2.62 bits per heavy atom. The van der Waals surface area contributed by atoms with Gasteiger partial charge in [-0.15, -0.1) is 0 Å². The van der Waals surface area contributed by atoms with E-state index in [4.69, 9.17) is 4.74 Å². The average Bonchev–Trinajstić information content (AvgIpc) is 3.02. The van der Waals surface area contributed by atoms with Crippen LogP contribution in [-0.2, 0) is 0 Å². The number of hydrogen-bond donors (Lipinski definition) is 1. The summed E-state index contributed by atoms with van der Waals surface area (Å²) < 4.78 is 9.73. The zero-order valence-corrected chi connectivity index (χ0v) is 15.0. The molecule has 1 aromatic carbocycles. The lowest BCUT2D eigenvalue weighted by molar-refractivity contribution is 0.0747. The molecular formula is C17H22N4O2S. The highest BCUT2D eigenvalue weighted by atomic mass is 32.1. The first kappa shape index (κ1) is 16.6. The van der Waals surface area contributed by atoms with Gasteiger partial charge in [0.15, 0.2) is 0 Å². The SMILES string of the molecule is CNc1snc(C)c1C(=O)N1CCN(c2ccccc2OC)CC1. The van der Waals surface area contributed by atoms with Crippen molar-refractivity contribution in [2.75, 3.05) is 50.6 Å². The van der Waals surface area contributed by atoms with Crippen LogP contribution in [-0.4, -0.2) is 55.5 Å². The van der Waals surface area contributed by atoms with Crippen molar-refractivity contribution in [2.24, 2.45) is 0 Å². The molecule has 0 aliphatic carbocycles. The molecule has 0 bridgehead atoms. The second kappa shape index (κ2) is 7.09. The summed E-state index contributed by atoms with van der Waals surface area (Å²) in [6.45, 7) is 4.84. The number of hydrogen-bond acceptors (Lipinski definition) is 6. The summed E-state index contributed by atoms with van der Waals surface area (Å²) in [4.78, 5) is 17.0. The van der Waals surface area contributed by atoms with Crippen molar-refractivity contribution in [1.82, 2.24) is 9.27 Å². The topological polar surface area (TPSA) is 57.7 Å². The number of nitrogens with one attached hydrogen (secondary N) is 1. The molecule has 1 aromatic heterocycles. The molecule has 0 radical (unpaired) electrons. The Labute approximate surface area is 146 Å². The number of amides is 1. The molecule has 0 unspecified atom stereocenters. The minimum Gasteiger partial charge on any atom is -0.495 e. The maximum absolute atomic E-state index is 12.8. The number of carbonyl (C=O) groups is 1. The number of carbonyl (C=O) groups excluding carboxylic acids is 1. The number of piperazine rings is 1. The van der Waals surface area contributed by atoms with Crippen LogP contribution in [0.25, 0.3) is 0 Å². The third-order valence-electron chi connectivity index (χ3n) is 4.30. The lowest BCUT2D eigenvalue weighted by Crippen LogP contribution is -2.49. The number of nitrogens with zero attached hydrogens (tertiary/aromatic N) is 3. The quantitative estimate of drug-likeness (QED) is 0.922. The van der Waals surface area contributed by atoms with E-state index in [9.17, 15) is 4.79 Å². The van der Waals surface area contributed by atoms with Gasteiger partial charge in [-0.1, -0.05) is 12.1 Å². The molecule has 1 fully saturated rings. The van der Waals surface area contributed by atoms with Crippen LogP contribution >= 0.6 is 11.5 Å². The minimum atomic E-state index is 0.0604. The first-order chi connectivity index (χ1) is 11.7. The summed E-state index contributed by atoms with van der Waals surface area (Å²) in [5.74, 6) is 0.929. The Morgan fingerprint density at radius 1 is 1.25 bits per heavy atom. The smallest absolute Gasteiger partial charge is 0.258 e. The Bertz CT molecular complexity index is 723. The van der Waals surface area contributed by atoms with Crippen LogP contribution in [0.2, 0.25) is 0 Å². The molecule has 6 nitrogen and oxygen atoms in total. The van der Waals surface area contributed by atoms with Gasteiger partial charge in [0, 0.05) is 33.2 Å². The van der Waals surface area contributed by atoms with E-state index in [0.717, 1.165) is 35.2 Å². The van der Waals surface area contributed by atoms with Crippen LogP contribution in [0.15, 0.2) is 24.3 Å². The first-order valence-electron chi connectivity index (χ1n) is 7.97. The van der Waals surface area contributed by atoms with E-state index in [1.807, 2.05) is 37.1 Å². The molecule has 0 spiro atoms. The molecule has 2 heterocycles. The van der Waals surface area contributed by atoms with Gasteiger partial charge >= 0.3 is 0 Å². The van der Waals surface area contributed by atoms with Crippen LogP contribution in [0.4, 0.5) is 10.7 Å². The molecule has 1 aliphatic heterocycles. The number of anilines is 2. The van der Waals surface area contributed by atoms with Crippen molar-refractivity contribution >= 4 is 28.1 Å². The predicted octanol–water partition coefficient (Wildman–Crippen LogP) is 2.46. The van der Waals surface area contributed by atoms with Gasteiger partial charge in [0.1, 0.15) is 10.8 Å². The van der Waals surface area contributed by atoms with E-state index in [1.165, 1.54) is 11.5 Å². The molecule has 1 aliphatic rings. The maximum Gasteiger partial charge on any atom is 0.258 e. The highest BCUT2D eigenvalue weighted by molar-refractivity contribution is 7.10. The molecule has 3 rings (SSSR count). The van der Waals surface area contributed by atoms with E-state index < -0.39 is 0 Å². The summed E-state index contributed by atoms with van der Waals surface area (Å²) in [5, 5.41) is 3.91. The summed E-state index contributed by atoms with van der Waals surface area (Å²) >= 11 is 1.34. The maximum atomic E-state index is 12.8. The number of ether oxygens (including phenoxy) is 1. The van der Waals surface area contributed by atoms with Gasteiger partial charge in [0.05, 0.1) is 24.1 Å². The van der Waals surface area contributed by atoms with Crippen molar-refractivity contribution in [3.8, 4) is 5.75 Å². The molecule has 128 valence electrons. The highest BCUT2D eigenvalue weighted by Gasteiger charge is 2.27. The van der Waals surface area contributed by atoms with E-state index in [1.54, 1.807) is 7.11 Å². The van der Waals surface area contributed by atoms with Crippen LogP contribution in [0.1, 0.15) is 16.1 Å². The Hall–Kier alpha value is -2.28. The third-order valence-corrected chi connectivity index (χ3v) is 5.25. The average molecular weight is 346 g/mol. The van der Waals surface area contributed by atoms with Crippen LogP contribution in [0.5, 0.6) is 5.75 Å². The number of rotatable bonds is 4. The van der Waals surface area contributed by atoms with Gasteiger partial charge in [-0.2, -0.15) is 4.37 Å². The molecule has 2 aromatic rings. The second-order valence-electron chi connectivity index (χ2n) is 5.67. The lowest BCUT2D eigenvalue weighted by Gasteiger charge is -2.36. The first-order valence-corrected chi connectivity index (χ1v) is 8.74. The van der Waals surface area contributed by atoms with E-state index in [2.05, 4.69) is 20.7 Å². The number of aromatic nitrogens is 1. The van der Waals surface area contributed by atoms with Crippen molar-refractivity contribution in [1.29, 1.82) is 0 Å². The van der Waals surface area contributed by atoms with Crippen molar-refractivity contribution in [2.45, 2.75) is 6.92 Å². The molecule has 24 heavy (non-hydrogen) atoms. The van der Waals surface area contributed by atoms with Gasteiger partial charge < -0.3 is 19.9 Å². The lowest BCUT2D eigenvalue weighted by atomic mass is 10.2. The fourth-order valence-electron chi connectivity index (χ4n) is 2.99. The fraction of sp³-hybridized carbons (Fsp3) is 0.412. The number of benzene rings is 1. The van der Waals surface area contributed by atoms with Crippen LogP contribution in [0.3, 0.4) is 0 Å². The molecule has 0 saturated carbocycles.